The predicted molar refractivity (Wildman–Crippen MR) is 120 cm³/mol. The number of aryl methyl sites for hydroxylation is 2. The zero-order valence-corrected chi connectivity index (χ0v) is 17.9. The standard InChI is InChI=1S/C24H23N5O3/c1-15-25-21(17-7-10-18(32-2)11-8-17)13-22-27-28(24(31)29(15)22)14-23(30)26-20-12-9-16-5-3-4-6-19(16)20/h3-8,10-11,13,20H,9,12,14H2,1-2H3,(H,26,30)/t20-/m0/s1. The molecule has 32 heavy (non-hydrogen) atoms. The van der Waals surface area contributed by atoms with Gasteiger partial charge in [-0.1, -0.05) is 24.3 Å². The van der Waals surface area contributed by atoms with Crippen LogP contribution >= 0.6 is 0 Å². The fraction of sp³-hybridized carbons (Fsp3) is 0.250. The summed E-state index contributed by atoms with van der Waals surface area (Å²) in [4.78, 5) is 30.1. The first kappa shape index (κ1) is 20.0. The van der Waals surface area contributed by atoms with Gasteiger partial charge in [0.25, 0.3) is 0 Å². The van der Waals surface area contributed by atoms with Crippen molar-refractivity contribution in [3.8, 4) is 17.0 Å². The Labute approximate surface area is 184 Å². The van der Waals surface area contributed by atoms with Crippen molar-refractivity contribution < 1.29 is 9.53 Å². The molecule has 0 saturated carbocycles. The summed E-state index contributed by atoms with van der Waals surface area (Å²) in [6, 6.07) is 17.3. The van der Waals surface area contributed by atoms with E-state index in [9.17, 15) is 9.59 Å². The first-order valence-electron chi connectivity index (χ1n) is 10.5. The van der Waals surface area contributed by atoms with Crippen LogP contribution in [0.1, 0.15) is 29.4 Å². The summed E-state index contributed by atoms with van der Waals surface area (Å²) in [5, 5.41) is 7.44. The molecule has 162 valence electrons. The van der Waals surface area contributed by atoms with Gasteiger partial charge in [-0.25, -0.2) is 18.9 Å². The molecule has 0 spiro atoms. The third-order valence-electron chi connectivity index (χ3n) is 5.88. The first-order valence-corrected chi connectivity index (χ1v) is 10.5. The number of ether oxygens (including phenoxy) is 1. The van der Waals surface area contributed by atoms with Gasteiger partial charge in [-0.2, -0.15) is 0 Å². The molecule has 0 unspecified atom stereocenters. The highest BCUT2D eigenvalue weighted by molar-refractivity contribution is 5.76. The number of carbonyl (C=O) groups is 1. The van der Waals surface area contributed by atoms with Crippen molar-refractivity contribution in [2.45, 2.75) is 32.4 Å². The van der Waals surface area contributed by atoms with Crippen LogP contribution in [-0.2, 0) is 17.8 Å². The average Bonchev–Trinajstić information content (AvgIpc) is 3.35. The molecular weight excluding hydrogens is 406 g/mol. The van der Waals surface area contributed by atoms with E-state index in [0.717, 1.165) is 29.7 Å². The molecule has 1 aliphatic rings. The molecule has 0 radical (unpaired) electrons. The monoisotopic (exact) mass is 429 g/mol. The highest BCUT2D eigenvalue weighted by atomic mass is 16.5. The van der Waals surface area contributed by atoms with Gasteiger partial charge in [0.2, 0.25) is 5.91 Å². The Morgan fingerprint density at radius 2 is 1.97 bits per heavy atom. The number of carbonyl (C=O) groups excluding carboxylic acids is 1. The molecule has 1 aliphatic carbocycles. The number of rotatable bonds is 5. The van der Waals surface area contributed by atoms with E-state index in [2.05, 4.69) is 21.5 Å². The summed E-state index contributed by atoms with van der Waals surface area (Å²) in [5.74, 6) is 1.02. The molecule has 5 rings (SSSR count). The second-order valence-electron chi connectivity index (χ2n) is 7.91. The van der Waals surface area contributed by atoms with Crippen LogP contribution < -0.4 is 15.7 Å². The topological polar surface area (TPSA) is 90.5 Å². The predicted octanol–water partition coefficient (Wildman–Crippen LogP) is 2.68. The third kappa shape index (κ3) is 3.53. The Morgan fingerprint density at radius 3 is 2.75 bits per heavy atom. The highest BCUT2D eigenvalue weighted by Crippen LogP contribution is 2.30. The maximum absolute atomic E-state index is 12.9. The van der Waals surface area contributed by atoms with Crippen LogP contribution in [0.15, 0.2) is 59.4 Å². The maximum Gasteiger partial charge on any atom is 0.352 e. The summed E-state index contributed by atoms with van der Waals surface area (Å²) in [6.45, 7) is 1.61. The van der Waals surface area contributed by atoms with E-state index < -0.39 is 0 Å². The van der Waals surface area contributed by atoms with Crippen LogP contribution in [0.5, 0.6) is 5.75 Å². The van der Waals surface area contributed by atoms with Gasteiger partial charge < -0.3 is 10.1 Å². The Balaban J connectivity index is 1.40. The van der Waals surface area contributed by atoms with Crippen molar-refractivity contribution >= 4 is 11.6 Å². The number of nitrogens with zero attached hydrogens (tertiary/aromatic N) is 4. The molecule has 8 heteroatoms. The van der Waals surface area contributed by atoms with Gasteiger partial charge in [-0.3, -0.25) is 4.79 Å². The molecule has 1 N–H and O–H groups in total. The minimum Gasteiger partial charge on any atom is -0.497 e. The lowest BCUT2D eigenvalue weighted by atomic mass is 10.1. The molecule has 0 saturated heterocycles. The van der Waals surface area contributed by atoms with Crippen LogP contribution in [-0.4, -0.2) is 32.2 Å². The molecule has 2 aromatic carbocycles. The smallest absolute Gasteiger partial charge is 0.352 e. The largest absolute Gasteiger partial charge is 0.497 e. The van der Waals surface area contributed by atoms with Crippen LogP contribution in [0.2, 0.25) is 0 Å². The molecule has 0 fully saturated rings. The zero-order chi connectivity index (χ0) is 22.2. The number of amides is 1. The number of fused-ring (bicyclic) bond motifs is 2. The number of aromatic nitrogens is 4. The van der Waals surface area contributed by atoms with Crippen molar-refractivity contribution in [3.63, 3.8) is 0 Å². The van der Waals surface area contributed by atoms with Crippen molar-refractivity contribution in [1.82, 2.24) is 24.5 Å². The fourth-order valence-electron chi connectivity index (χ4n) is 4.30. The normalized spacial score (nSPS) is 15.0. The van der Waals surface area contributed by atoms with Crippen molar-refractivity contribution in [1.29, 1.82) is 0 Å². The molecule has 1 atom stereocenters. The van der Waals surface area contributed by atoms with E-state index in [0.29, 0.717) is 17.2 Å². The Kier molecular flexibility index (Phi) is 4.97. The Morgan fingerprint density at radius 1 is 1.19 bits per heavy atom. The van der Waals surface area contributed by atoms with Gasteiger partial charge in [0, 0.05) is 11.6 Å². The fourth-order valence-corrected chi connectivity index (χ4v) is 4.30. The molecule has 0 aliphatic heterocycles. The lowest BCUT2D eigenvalue weighted by Gasteiger charge is -2.13. The van der Waals surface area contributed by atoms with E-state index in [1.807, 2.05) is 42.5 Å². The van der Waals surface area contributed by atoms with Gasteiger partial charge in [0.05, 0.1) is 18.8 Å². The third-order valence-corrected chi connectivity index (χ3v) is 5.88. The average molecular weight is 429 g/mol. The highest BCUT2D eigenvalue weighted by Gasteiger charge is 2.24. The van der Waals surface area contributed by atoms with Crippen LogP contribution in [0.3, 0.4) is 0 Å². The number of benzene rings is 2. The van der Waals surface area contributed by atoms with Gasteiger partial charge in [0.1, 0.15) is 18.1 Å². The minimum absolute atomic E-state index is 0.0310. The van der Waals surface area contributed by atoms with E-state index in [-0.39, 0.29) is 24.2 Å². The maximum atomic E-state index is 12.9. The number of nitrogens with one attached hydrogen (secondary N) is 1. The lowest BCUT2D eigenvalue weighted by Crippen LogP contribution is -2.34. The summed E-state index contributed by atoms with van der Waals surface area (Å²) in [5.41, 5.74) is 4.06. The van der Waals surface area contributed by atoms with Crippen LogP contribution in [0.25, 0.3) is 16.9 Å². The summed E-state index contributed by atoms with van der Waals surface area (Å²) in [7, 11) is 1.62. The minimum atomic E-state index is -0.381. The summed E-state index contributed by atoms with van der Waals surface area (Å²) < 4.78 is 7.82. The van der Waals surface area contributed by atoms with Crippen molar-refractivity contribution in [2.75, 3.05) is 7.11 Å². The van der Waals surface area contributed by atoms with Crippen molar-refractivity contribution in [2.24, 2.45) is 0 Å². The molecular formula is C24H23N5O3. The van der Waals surface area contributed by atoms with Gasteiger partial charge in [0.15, 0.2) is 5.65 Å². The van der Waals surface area contributed by atoms with E-state index in [1.165, 1.54) is 14.6 Å². The van der Waals surface area contributed by atoms with E-state index in [1.54, 1.807) is 20.1 Å². The molecule has 0 bridgehead atoms. The van der Waals surface area contributed by atoms with Crippen LogP contribution in [0.4, 0.5) is 0 Å². The molecule has 1 amide bonds. The quantitative estimate of drug-likeness (QED) is 0.527. The van der Waals surface area contributed by atoms with E-state index in [4.69, 9.17) is 4.74 Å². The second-order valence-corrected chi connectivity index (χ2v) is 7.91. The molecule has 8 nitrogen and oxygen atoms in total. The SMILES string of the molecule is COc1ccc(-c2cc3nn(CC(=O)N[C@H]4CCc5ccccc54)c(=O)n3c(C)n2)cc1. The van der Waals surface area contributed by atoms with Gasteiger partial charge >= 0.3 is 5.69 Å². The molecule has 2 aromatic heterocycles. The Hall–Kier alpha value is -3.94. The van der Waals surface area contributed by atoms with Crippen LogP contribution in [0, 0.1) is 6.92 Å². The zero-order valence-electron chi connectivity index (χ0n) is 17.9. The Bertz CT molecular complexity index is 1370. The van der Waals surface area contributed by atoms with Crippen molar-refractivity contribution in [3.05, 3.63) is 82.0 Å². The first-order chi connectivity index (χ1) is 15.5. The lowest BCUT2D eigenvalue weighted by molar-refractivity contribution is -0.122. The number of methoxy groups -OCH3 is 1. The van der Waals surface area contributed by atoms with Gasteiger partial charge in [-0.05, 0) is 55.2 Å². The molecule has 2 heterocycles. The summed E-state index contributed by atoms with van der Waals surface area (Å²) in [6.07, 6.45) is 1.80. The number of hydrogen-bond acceptors (Lipinski definition) is 5. The van der Waals surface area contributed by atoms with Gasteiger partial charge in [-0.15, -0.1) is 5.10 Å². The van der Waals surface area contributed by atoms with E-state index >= 15 is 0 Å². The molecule has 4 aromatic rings. The summed E-state index contributed by atoms with van der Waals surface area (Å²) >= 11 is 0. The second kappa shape index (κ2) is 7.96. The number of hydrogen-bond donors (Lipinski definition) is 1.